The minimum atomic E-state index is 0.302. The van der Waals surface area contributed by atoms with E-state index in [0.717, 1.165) is 17.9 Å². The van der Waals surface area contributed by atoms with Crippen LogP contribution in [0.4, 0.5) is 0 Å². The smallest absolute Gasteiger partial charge is 0.148 e. The third-order valence-corrected chi connectivity index (χ3v) is 4.25. The van der Waals surface area contributed by atoms with Gasteiger partial charge in [0.2, 0.25) is 0 Å². The molecule has 0 fully saturated rings. The van der Waals surface area contributed by atoms with Gasteiger partial charge in [0.1, 0.15) is 12.4 Å². The fraction of sp³-hybridized carbons (Fsp3) is 0.294. The Morgan fingerprint density at radius 1 is 1.30 bits per heavy atom. The van der Waals surface area contributed by atoms with Gasteiger partial charge >= 0.3 is 0 Å². The number of rotatable bonds is 6. The summed E-state index contributed by atoms with van der Waals surface area (Å²) < 4.78 is 5.55. The summed E-state index contributed by atoms with van der Waals surface area (Å²) in [6.45, 7) is 5.37. The Labute approximate surface area is 124 Å². The SMILES string of the molecule is C#CCOc1ccccc1CNC(C)c1ccc(C)s1. The van der Waals surface area contributed by atoms with E-state index in [9.17, 15) is 0 Å². The van der Waals surface area contributed by atoms with Gasteiger partial charge in [-0.25, -0.2) is 0 Å². The van der Waals surface area contributed by atoms with Crippen molar-refractivity contribution in [2.24, 2.45) is 0 Å². The zero-order valence-electron chi connectivity index (χ0n) is 11.8. The maximum atomic E-state index is 5.55. The van der Waals surface area contributed by atoms with Gasteiger partial charge in [0.25, 0.3) is 0 Å². The van der Waals surface area contributed by atoms with E-state index in [1.54, 1.807) is 0 Å². The average molecular weight is 285 g/mol. The van der Waals surface area contributed by atoms with Crippen LogP contribution in [-0.4, -0.2) is 6.61 Å². The summed E-state index contributed by atoms with van der Waals surface area (Å²) in [4.78, 5) is 2.69. The molecule has 2 nitrogen and oxygen atoms in total. The summed E-state index contributed by atoms with van der Waals surface area (Å²) in [6.07, 6.45) is 5.24. The molecule has 1 aromatic heterocycles. The monoisotopic (exact) mass is 285 g/mol. The molecule has 20 heavy (non-hydrogen) atoms. The first-order valence-electron chi connectivity index (χ1n) is 6.64. The first kappa shape index (κ1) is 14.6. The highest BCUT2D eigenvalue weighted by Crippen LogP contribution is 2.24. The number of aryl methyl sites for hydroxylation is 1. The Balaban J connectivity index is 1.98. The van der Waals surface area contributed by atoms with E-state index in [1.807, 2.05) is 29.5 Å². The summed E-state index contributed by atoms with van der Waals surface area (Å²) in [6, 6.07) is 12.6. The van der Waals surface area contributed by atoms with Gasteiger partial charge in [-0.15, -0.1) is 17.8 Å². The molecule has 0 bridgehead atoms. The molecule has 0 aliphatic rings. The molecule has 0 aliphatic heterocycles. The third kappa shape index (κ3) is 3.86. The molecule has 104 valence electrons. The van der Waals surface area contributed by atoms with Crippen molar-refractivity contribution in [2.45, 2.75) is 26.4 Å². The summed E-state index contributed by atoms with van der Waals surface area (Å²) in [5.41, 5.74) is 1.13. The van der Waals surface area contributed by atoms with Crippen LogP contribution in [0.25, 0.3) is 0 Å². The molecule has 2 aromatic rings. The van der Waals surface area contributed by atoms with Gasteiger partial charge in [-0.1, -0.05) is 24.1 Å². The van der Waals surface area contributed by atoms with Crippen LogP contribution < -0.4 is 10.1 Å². The highest BCUT2D eigenvalue weighted by atomic mass is 32.1. The number of benzene rings is 1. The second kappa shape index (κ2) is 7.14. The van der Waals surface area contributed by atoms with E-state index in [2.05, 4.69) is 43.3 Å². The molecular formula is C17H19NOS. The van der Waals surface area contributed by atoms with Gasteiger partial charge < -0.3 is 10.1 Å². The van der Waals surface area contributed by atoms with Gasteiger partial charge in [-0.2, -0.15) is 0 Å². The lowest BCUT2D eigenvalue weighted by atomic mass is 10.2. The lowest BCUT2D eigenvalue weighted by molar-refractivity contribution is 0.364. The van der Waals surface area contributed by atoms with Crippen molar-refractivity contribution in [3.05, 3.63) is 51.7 Å². The number of thiophene rings is 1. The second-order valence-electron chi connectivity index (χ2n) is 4.65. The number of terminal acetylenes is 1. The van der Waals surface area contributed by atoms with Gasteiger partial charge in [0.05, 0.1) is 0 Å². The van der Waals surface area contributed by atoms with Crippen LogP contribution in [-0.2, 0) is 6.54 Å². The minimum Gasteiger partial charge on any atom is -0.481 e. The highest BCUT2D eigenvalue weighted by molar-refractivity contribution is 7.12. The van der Waals surface area contributed by atoms with Crippen LogP contribution in [0.3, 0.4) is 0 Å². The molecule has 2 rings (SSSR count). The number of para-hydroxylation sites is 1. The lowest BCUT2D eigenvalue weighted by Gasteiger charge is -2.14. The summed E-state index contributed by atoms with van der Waals surface area (Å²) in [5.74, 6) is 3.35. The number of hydrogen-bond acceptors (Lipinski definition) is 3. The zero-order chi connectivity index (χ0) is 14.4. The van der Waals surface area contributed by atoms with Crippen molar-refractivity contribution < 1.29 is 4.74 Å². The molecule has 3 heteroatoms. The molecule has 0 saturated carbocycles. The van der Waals surface area contributed by atoms with Crippen molar-refractivity contribution in [3.63, 3.8) is 0 Å². The quantitative estimate of drug-likeness (QED) is 0.812. The fourth-order valence-electron chi connectivity index (χ4n) is 1.96. The van der Waals surface area contributed by atoms with Crippen LogP contribution in [0.15, 0.2) is 36.4 Å². The molecule has 0 saturated heterocycles. The van der Waals surface area contributed by atoms with Crippen molar-refractivity contribution in [3.8, 4) is 18.1 Å². The van der Waals surface area contributed by atoms with E-state index >= 15 is 0 Å². The van der Waals surface area contributed by atoms with E-state index in [0.29, 0.717) is 12.6 Å². The van der Waals surface area contributed by atoms with Crippen LogP contribution >= 0.6 is 11.3 Å². The predicted octanol–water partition coefficient (Wildman–Crippen LogP) is 3.92. The van der Waals surface area contributed by atoms with Crippen molar-refractivity contribution in [2.75, 3.05) is 6.61 Å². The molecule has 0 radical (unpaired) electrons. The molecule has 0 amide bonds. The summed E-state index contributed by atoms with van der Waals surface area (Å²) >= 11 is 1.83. The van der Waals surface area contributed by atoms with Crippen molar-refractivity contribution >= 4 is 11.3 Å². The normalized spacial score (nSPS) is 11.8. The molecule has 1 aromatic carbocycles. The fourth-order valence-corrected chi connectivity index (χ4v) is 2.86. The first-order valence-corrected chi connectivity index (χ1v) is 7.46. The summed E-state index contributed by atoms with van der Waals surface area (Å²) in [7, 11) is 0. The van der Waals surface area contributed by atoms with Gasteiger partial charge in [0, 0.05) is 27.9 Å². The molecule has 1 unspecified atom stereocenters. The third-order valence-electron chi connectivity index (χ3n) is 3.07. The maximum absolute atomic E-state index is 5.55. The standard InChI is InChI=1S/C17H19NOS/c1-4-11-19-16-8-6-5-7-15(16)12-18-14(3)17-10-9-13(2)20-17/h1,5-10,14,18H,11-12H2,2-3H3. The minimum absolute atomic E-state index is 0.302. The molecule has 1 N–H and O–H groups in total. The Kier molecular flexibility index (Phi) is 5.23. The van der Waals surface area contributed by atoms with Gasteiger partial charge in [0.15, 0.2) is 0 Å². The van der Waals surface area contributed by atoms with Gasteiger partial charge in [-0.05, 0) is 32.0 Å². The lowest BCUT2D eigenvalue weighted by Crippen LogP contribution is -2.17. The number of nitrogens with one attached hydrogen (secondary N) is 1. The Morgan fingerprint density at radius 3 is 2.80 bits per heavy atom. The molecule has 1 heterocycles. The second-order valence-corrected chi connectivity index (χ2v) is 5.97. The molecule has 1 atom stereocenters. The van der Waals surface area contributed by atoms with Crippen molar-refractivity contribution in [1.29, 1.82) is 0 Å². The highest BCUT2D eigenvalue weighted by Gasteiger charge is 2.09. The van der Waals surface area contributed by atoms with Crippen molar-refractivity contribution in [1.82, 2.24) is 5.32 Å². The van der Waals surface area contributed by atoms with Crippen LogP contribution in [0.1, 0.15) is 28.3 Å². The predicted molar refractivity (Wildman–Crippen MR) is 85.1 cm³/mol. The average Bonchev–Trinajstić information content (AvgIpc) is 2.90. The van der Waals surface area contributed by atoms with Crippen LogP contribution in [0.2, 0.25) is 0 Å². The Bertz CT molecular complexity index is 597. The topological polar surface area (TPSA) is 21.3 Å². The molecule has 0 spiro atoms. The number of hydrogen-bond donors (Lipinski definition) is 1. The Hall–Kier alpha value is -1.76. The van der Waals surface area contributed by atoms with Crippen LogP contribution in [0, 0.1) is 19.3 Å². The van der Waals surface area contributed by atoms with E-state index in [4.69, 9.17) is 11.2 Å². The summed E-state index contributed by atoms with van der Waals surface area (Å²) in [5, 5.41) is 3.52. The zero-order valence-corrected chi connectivity index (χ0v) is 12.7. The van der Waals surface area contributed by atoms with E-state index in [-0.39, 0.29) is 0 Å². The largest absolute Gasteiger partial charge is 0.481 e. The van der Waals surface area contributed by atoms with Crippen LogP contribution in [0.5, 0.6) is 5.75 Å². The van der Waals surface area contributed by atoms with E-state index < -0.39 is 0 Å². The molecular weight excluding hydrogens is 266 g/mol. The van der Waals surface area contributed by atoms with Gasteiger partial charge in [-0.3, -0.25) is 0 Å². The molecule has 0 aliphatic carbocycles. The van der Waals surface area contributed by atoms with E-state index in [1.165, 1.54) is 9.75 Å². The number of ether oxygens (including phenoxy) is 1. The first-order chi connectivity index (χ1) is 9.70. The maximum Gasteiger partial charge on any atom is 0.148 e. The Morgan fingerprint density at radius 2 is 2.10 bits per heavy atom.